The van der Waals surface area contributed by atoms with E-state index in [4.69, 9.17) is 0 Å². The Labute approximate surface area is 382 Å². The van der Waals surface area contributed by atoms with Crippen LogP contribution in [0.1, 0.15) is 126 Å². The zero-order valence-electron chi connectivity index (χ0n) is 37.4. The van der Waals surface area contributed by atoms with Crippen molar-refractivity contribution in [2.45, 2.75) is 76.0 Å². The van der Waals surface area contributed by atoms with Crippen molar-refractivity contribution in [1.29, 1.82) is 0 Å². The molecular formula is C64H62. The summed E-state index contributed by atoms with van der Waals surface area (Å²) in [6.45, 7) is 0. The summed E-state index contributed by atoms with van der Waals surface area (Å²) in [5, 5.41) is 0. The van der Waals surface area contributed by atoms with E-state index in [9.17, 15) is 0 Å². The molecule has 318 valence electrons. The molecular weight excluding hydrogens is 769 g/mol. The Balaban J connectivity index is 1.17. The van der Waals surface area contributed by atoms with Crippen molar-refractivity contribution in [3.8, 4) is 0 Å². The first-order valence-corrected chi connectivity index (χ1v) is 24.8. The monoisotopic (exact) mass is 830 g/mol. The van der Waals surface area contributed by atoms with Crippen molar-refractivity contribution >= 4 is 48.6 Å². The summed E-state index contributed by atoms with van der Waals surface area (Å²) in [7, 11) is 0. The van der Waals surface area contributed by atoms with Crippen molar-refractivity contribution in [3.05, 3.63) is 213 Å². The highest BCUT2D eigenvalue weighted by molar-refractivity contribution is 5.85. The first-order chi connectivity index (χ1) is 31.6. The summed E-state index contributed by atoms with van der Waals surface area (Å²) >= 11 is 0. The van der Waals surface area contributed by atoms with Crippen LogP contribution in [0.4, 0.5) is 0 Å². The lowest BCUT2D eigenvalue weighted by Gasteiger charge is -2.77. The van der Waals surface area contributed by atoms with Gasteiger partial charge in [0.05, 0.1) is 0 Å². The van der Waals surface area contributed by atoms with Gasteiger partial charge in [0.2, 0.25) is 0 Å². The van der Waals surface area contributed by atoms with Crippen LogP contribution < -0.4 is 0 Å². The third-order valence-corrected chi connectivity index (χ3v) is 17.7. The summed E-state index contributed by atoms with van der Waals surface area (Å²) in [6, 6.07) is 58.9. The van der Waals surface area contributed by atoms with Crippen molar-refractivity contribution < 1.29 is 0 Å². The lowest BCUT2D eigenvalue weighted by Crippen LogP contribution is -2.71. The summed E-state index contributed by atoms with van der Waals surface area (Å²) in [5.74, 6) is 4.91. The summed E-state index contributed by atoms with van der Waals surface area (Å²) in [6.07, 6.45) is 35.1. The number of hydrogen-bond donors (Lipinski definition) is 0. The Hall–Kier alpha value is -5.72. The van der Waals surface area contributed by atoms with E-state index in [1.54, 1.807) is 11.1 Å². The fraction of sp³-hybridized carbons (Fsp3) is 0.312. The second-order valence-electron chi connectivity index (χ2n) is 21.2. The van der Waals surface area contributed by atoms with E-state index in [1.165, 1.54) is 115 Å². The van der Waals surface area contributed by atoms with Gasteiger partial charge in [0.1, 0.15) is 0 Å². The molecule has 0 amide bonds. The minimum atomic E-state index is -0.175. The van der Waals surface area contributed by atoms with Gasteiger partial charge in [-0.15, -0.1) is 0 Å². The number of rotatable bonds is 11. The first-order valence-electron chi connectivity index (χ1n) is 24.8. The SMILES string of the molecule is C(=Cc1cccc(C2(c3cccc(C=Cc4ccccc4)c3C=Cc3ccccc3)C3CC4CC(C3)CC2(C23CC5CC(CC(C5)C2)C3)C4)c1C=Cc1ccccc1)c1ccccc1. The molecule has 0 spiro atoms. The number of benzene rings is 6. The van der Waals surface area contributed by atoms with Crippen LogP contribution in [0.25, 0.3) is 48.6 Å². The van der Waals surface area contributed by atoms with Crippen molar-refractivity contribution in [1.82, 2.24) is 0 Å². The highest BCUT2D eigenvalue weighted by Crippen LogP contribution is 2.81. The quantitative estimate of drug-likeness (QED) is 0.114. The van der Waals surface area contributed by atoms with Gasteiger partial charge in [-0.25, -0.2) is 0 Å². The van der Waals surface area contributed by atoms with Crippen LogP contribution >= 0.6 is 0 Å². The molecule has 0 heterocycles. The van der Waals surface area contributed by atoms with E-state index in [0.717, 1.165) is 29.6 Å². The normalized spacial score (nSPS) is 31.3. The molecule has 0 aromatic heterocycles. The summed E-state index contributed by atoms with van der Waals surface area (Å²) in [5.41, 5.74) is 14.0. The van der Waals surface area contributed by atoms with Crippen LogP contribution in [-0.2, 0) is 5.41 Å². The maximum Gasteiger partial charge on any atom is 0.0305 e. The third-order valence-electron chi connectivity index (χ3n) is 17.7. The van der Waals surface area contributed by atoms with Gasteiger partial charge in [0.25, 0.3) is 0 Å². The molecule has 0 aliphatic heterocycles. The van der Waals surface area contributed by atoms with E-state index >= 15 is 0 Å². The fourth-order valence-electron chi connectivity index (χ4n) is 16.2. The lowest BCUT2D eigenvalue weighted by atomic mass is 9.26. The van der Waals surface area contributed by atoms with E-state index in [-0.39, 0.29) is 10.8 Å². The van der Waals surface area contributed by atoms with Crippen LogP contribution in [0.3, 0.4) is 0 Å². The first kappa shape index (κ1) is 39.8. The molecule has 14 rings (SSSR count). The minimum absolute atomic E-state index is 0.166. The molecule has 8 fully saturated rings. The number of hydrogen-bond acceptors (Lipinski definition) is 0. The van der Waals surface area contributed by atoms with Crippen molar-refractivity contribution in [2.24, 2.45) is 46.3 Å². The van der Waals surface area contributed by atoms with Gasteiger partial charge in [-0.3, -0.25) is 0 Å². The second-order valence-corrected chi connectivity index (χ2v) is 21.2. The molecule has 64 heavy (non-hydrogen) atoms. The van der Waals surface area contributed by atoms with Gasteiger partial charge in [0, 0.05) is 5.41 Å². The molecule has 8 saturated carbocycles. The maximum absolute atomic E-state index is 2.65. The average Bonchev–Trinajstić information content (AvgIpc) is 3.32. The molecule has 0 saturated heterocycles. The molecule has 6 aromatic rings. The topological polar surface area (TPSA) is 0 Å². The van der Waals surface area contributed by atoms with Crippen LogP contribution in [0.5, 0.6) is 0 Å². The lowest BCUT2D eigenvalue weighted by molar-refractivity contribution is -0.234. The van der Waals surface area contributed by atoms with E-state index in [1.807, 2.05) is 0 Å². The molecule has 0 N–H and O–H groups in total. The molecule has 2 unspecified atom stereocenters. The molecule has 2 atom stereocenters. The highest BCUT2D eigenvalue weighted by Gasteiger charge is 2.75. The van der Waals surface area contributed by atoms with E-state index in [0.29, 0.717) is 11.3 Å². The molecule has 8 aliphatic rings. The van der Waals surface area contributed by atoms with E-state index in [2.05, 4.69) is 206 Å². The third kappa shape index (κ3) is 6.78. The Morgan fingerprint density at radius 2 is 0.656 bits per heavy atom. The van der Waals surface area contributed by atoms with Crippen molar-refractivity contribution in [3.63, 3.8) is 0 Å². The van der Waals surface area contributed by atoms with Crippen LogP contribution in [0, 0.1) is 46.3 Å². The highest BCUT2D eigenvalue weighted by atomic mass is 14.8. The average molecular weight is 831 g/mol. The van der Waals surface area contributed by atoms with Gasteiger partial charge in [-0.1, -0.05) is 206 Å². The smallest absolute Gasteiger partial charge is 0.0305 e. The molecule has 0 nitrogen and oxygen atoms in total. The van der Waals surface area contributed by atoms with Gasteiger partial charge in [-0.05, 0) is 173 Å². The van der Waals surface area contributed by atoms with Gasteiger partial charge >= 0.3 is 0 Å². The van der Waals surface area contributed by atoms with E-state index < -0.39 is 0 Å². The molecule has 0 heteroatoms. The zero-order chi connectivity index (χ0) is 42.6. The predicted molar refractivity (Wildman–Crippen MR) is 272 cm³/mol. The molecule has 8 bridgehead atoms. The maximum atomic E-state index is 2.65. The van der Waals surface area contributed by atoms with Gasteiger partial charge < -0.3 is 0 Å². The Morgan fingerprint density at radius 1 is 0.312 bits per heavy atom. The predicted octanol–water partition coefficient (Wildman–Crippen LogP) is 16.7. The van der Waals surface area contributed by atoms with Crippen molar-refractivity contribution in [2.75, 3.05) is 0 Å². The van der Waals surface area contributed by atoms with Gasteiger partial charge in [-0.2, -0.15) is 0 Å². The fourth-order valence-corrected chi connectivity index (χ4v) is 16.2. The van der Waals surface area contributed by atoms with Gasteiger partial charge in [0.15, 0.2) is 0 Å². The zero-order valence-corrected chi connectivity index (χ0v) is 37.4. The Morgan fingerprint density at radius 3 is 1.03 bits per heavy atom. The molecule has 0 radical (unpaired) electrons. The Bertz CT molecular complexity index is 2530. The molecule has 8 aliphatic carbocycles. The van der Waals surface area contributed by atoms with Crippen LogP contribution in [0.15, 0.2) is 158 Å². The summed E-state index contributed by atoms with van der Waals surface area (Å²) < 4.78 is 0. The second kappa shape index (κ2) is 16.4. The molecule has 6 aromatic carbocycles. The minimum Gasteiger partial charge on any atom is -0.0622 e. The largest absolute Gasteiger partial charge is 0.0622 e. The Kier molecular flexibility index (Phi) is 10.2. The standard InChI is InChI=1S/C64H62/c1-5-15-46(16-6-1)27-31-55-23-13-25-60(58(55)33-29-48-19-9-3-10-20-48)64(57-39-53-38-54(40-57)45-63(64,44-53)62-41-50-35-51(42-62)37-52(36-50)43-62)61-26-14-24-56(32-28-47-17-7-2-8-18-47)59(61)34-30-49-21-11-4-12-22-49/h1-34,50-54,57H,35-45H2. The summed E-state index contributed by atoms with van der Waals surface area (Å²) in [4.78, 5) is 0. The van der Waals surface area contributed by atoms with Crippen LogP contribution in [-0.4, -0.2) is 0 Å². The van der Waals surface area contributed by atoms with Crippen LogP contribution in [0.2, 0.25) is 0 Å².